The number of amides is 1. The van der Waals surface area contributed by atoms with Gasteiger partial charge in [-0.2, -0.15) is 0 Å². The van der Waals surface area contributed by atoms with Crippen LogP contribution < -0.4 is 16.5 Å². The molecule has 26 heavy (non-hydrogen) atoms. The number of benzene rings is 1. The molecule has 2 aliphatic rings. The highest BCUT2D eigenvalue weighted by molar-refractivity contribution is 5.94. The van der Waals surface area contributed by atoms with E-state index in [9.17, 15) is 4.79 Å². The number of carbonyl (C=O) groups is 1. The molecule has 0 radical (unpaired) electrons. The van der Waals surface area contributed by atoms with Crippen molar-refractivity contribution in [1.29, 1.82) is 0 Å². The molecule has 1 saturated carbocycles. The molecule has 0 saturated heterocycles. The first kappa shape index (κ1) is 18.7. The number of hydrogen-bond donors (Lipinski definition) is 2. The van der Waals surface area contributed by atoms with Crippen LogP contribution in [0.2, 0.25) is 0 Å². The second-order valence-electron chi connectivity index (χ2n) is 7.74. The van der Waals surface area contributed by atoms with Gasteiger partial charge in [0.15, 0.2) is 0 Å². The minimum Gasteiger partial charge on any atom is -0.397 e. The molecule has 0 spiro atoms. The standard InChI is InChI=1S/C20H29FN4O/c1-12-7-8-15-16(9-14-5-4-6-14)17(19(22)11-24(3)23)10-18(21)20(15)25(12)13(2)26/h10-12,14H,4-9,22-23H2,1-3H3/b19-11-. The highest BCUT2D eigenvalue weighted by Gasteiger charge is 2.33. The molecule has 1 amide bonds. The van der Waals surface area contributed by atoms with Crippen molar-refractivity contribution in [3.05, 3.63) is 34.8 Å². The number of halogens is 1. The lowest BCUT2D eigenvalue weighted by atomic mass is 9.77. The second kappa shape index (κ2) is 7.27. The molecule has 1 aromatic rings. The fraction of sp³-hybridized carbons (Fsp3) is 0.550. The summed E-state index contributed by atoms with van der Waals surface area (Å²) >= 11 is 0. The van der Waals surface area contributed by atoms with E-state index in [1.165, 1.54) is 37.3 Å². The van der Waals surface area contributed by atoms with Gasteiger partial charge in [0.2, 0.25) is 5.91 Å². The van der Waals surface area contributed by atoms with Gasteiger partial charge in [-0.05, 0) is 49.3 Å². The van der Waals surface area contributed by atoms with Crippen molar-refractivity contribution in [2.45, 2.75) is 58.4 Å². The summed E-state index contributed by atoms with van der Waals surface area (Å²) in [6.45, 7) is 3.48. The predicted molar refractivity (Wildman–Crippen MR) is 103 cm³/mol. The summed E-state index contributed by atoms with van der Waals surface area (Å²) in [5.74, 6) is 5.81. The first-order valence-electron chi connectivity index (χ1n) is 9.38. The van der Waals surface area contributed by atoms with Crippen LogP contribution in [0.15, 0.2) is 12.3 Å². The lowest BCUT2D eigenvalue weighted by Crippen LogP contribution is -2.42. The molecule has 6 heteroatoms. The zero-order valence-electron chi connectivity index (χ0n) is 15.9. The summed E-state index contributed by atoms with van der Waals surface area (Å²) in [4.78, 5) is 13.8. The molecule has 1 unspecified atom stereocenters. The third kappa shape index (κ3) is 3.43. The highest BCUT2D eigenvalue weighted by Crippen LogP contribution is 2.41. The Bertz CT molecular complexity index is 740. The van der Waals surface area contributed by atoms with Crippen LogP contribution in [-0.4, -0.2) is 24.0 Å². The Kier molecular flexibility index (Phi) is 5.23. The zero-order chi connectivity index (χ0) is 19.0. The van der Waals surface area contributed by atoms with E-state index < -0.39 is 0 Å². The number of anilines is 1. The van der Waals surface area contributed by atoms with E-state index in [1.807, 2.05) is 6.92 Å². The summed E-state index contributed by atoms with van der Waals surface area (Å²) in [7, 11) is 1.69. The van der Waals surface area contributed by atoms with Gasteiger partial charge in [-0.3, -0.25) is 4.79 Å². The van der Waals surface area contributed by atoms with Crippen LogP contribution in [0.3, 0.4) is 0 Å². The molecule has 1 aliphatic carbocycles. The molecular weight excluding hydrogens is 331 g/mol. The molecule has 142 valence electrons. The van der Waals surface area contributed by atoms with Crippen LogP contribution >= 0.6 is 0 Å². The quantitative estimate of drug-likeness (QED) is 0.639. The first-order valence-corrected chi connectivity index (χ1v) is 9.38. The second-order valence-corrected chi connectivity index (χ2v) is 7.74. The third-order valence-electron chi connectivity index (χ3n) is 5.68. The van der Waals surface area contributed by atoms with Crippen LogP contribution in [0.5, 0.6) is 0 Å². The van der Waals surface area contributed by atoms with E-state index in [4.69, 9.17) is 11.6 Å². The topological polar surface area (TPSA) is 75.6 Å². The Morgan fingerprint density at radius 2 is 2.12 bits per heavy atom. The summed E-state index contributed by atoms with van der Waals surface area (Å²) in [5, 5.41) is 1.38. The number of fused-ring (bicyclic) bond motifs is 1. The van der Waals surface area contributed by atoms with Crippen LogP contribution in [0.4, 0.5) is 10.1 Å². The average molecular weight is 360 g/mol. The average Bonchev–Trinajstić information content (AvgIpc) is 2.51. The maximum atomic E-state index is 15.1. The molecule has 0 aromatic heterocycles. The smallest absolute Gasteiger partial charge is 0.224 e. The zero-order valence-corrected chi connectivity index (χ0v) is 15.9. The van der Waals surface area contributed by atoms with Crippen molar-refractivity contribution in [1.82, 2.24) is 5.01 Å². The van der Waals surface area contributed by atoms with E-state index in [-0.39, 0.29) is 17.8 Å². The number of rotatable bonds is 4. The number of nitrogens with two attached hydrogens (primary N) is 2. The molecule has 1 aromatic carbocycles. The van der Waals surface area contributed by atoms with Crippen LogP contribution in [-0.2, 0) is 17.6 Å². The number of carbonyl (C=O) groups excluding carboxylic acids is 1. The van der Waals surface area contributed by atoms with Gasteiger partial charge < -0.3 is 15.6 Å². The minimum absolute atomic E-state index is 0.0000306. The monoisotopic (exact) mass is 360 g/mol. The van der Waals surface area contributed by atoms with Gasteiger partial charge in [0, 0.05) is 31.8 Å². The highest BCUT2D eigenvalue weighted by atomic mass is 19.1. The Labute approximate surface area is 154 Å². The van der Waals surface area contributed by atoms with E-state index in [2.05, 4.69) is 0 Å². The van der Waals surface area contributed by atoms with Gasteiger partial charge in [-0.1, -0.05) is 19.3 Å². The number of hydrogen-bond acceptors (Lipinski definition) is 4. The minimum atomic E-state index is -0.384. The van der Waals surface area contributed by atoms with E-state index in [1.54, 1.807) is 18.1 Å². The van der Waals surface area contributed by atoms with Gasteiger partial charge in [0.1, 0.15) is 5.82 Å². The van der Waals surface area contributed by atoms with Gasteiger partial charge in [-0.25, -0.2) is 10.2 Å². The summed E-state index contributed by atoms with van der Waals surface area (Å²) < 4.78 is 15.1. The SMILES string of the molecule is CC(=O)N1c2c(F)cc(/C(N)=C/N(C)N)c(CC3CCC3)c2CCC1C. The molecule has 0 bridgehead atoms. The molecule has 5 nitrogen and oxygen atoms in total. The Hall–Kier alpha value is -2.08. The molecule has 1 fully saturated rings. The van der Waals surface area contributed by atoms with Gasteiger partial charge in [0.25, 0.3) is 0 Å². The van der Waals surface area contributed by atoms with Gasteiger partial charge in [-0.15, -0.1) is 0 Å². The van der Waals surface area contributed by atoms with Crippen molar-refractivity contribution in [2.24, 2.45) is 17.5 Å². The van der Waals surface area contributed by atoms with Crippen molar-refractivity contribution >= 4 is 17.3 Å². The molecule has 4 N–H and O–H groups in total. The van der Waals surface area contributed by atoms with Crippen molar-refractivity contribution in [3.8, 4) is 0 Å². The van der Waals surface area contributed by atoms with Crippen LogP contribution in [0, 0.1) is 11.7 Å². The normalized spacial score (nSPS) is 20.6. The molecular formula is C20H29FN4O. The van der Waals surface area contributed by atoms with Crippen LogP contribution in [0.25, 0.3) is 5.70 Å². The molecule has 3 rings (SSSR count). The maximum absolute atomic E-state index is 15.1. The van der Waals surface area contributed by atoms with Gasteiger partial charge >= 0.3 is 0 Å². The largest absolute Gasteiger partial charge is 0.397 e. The fourth-order valence-electron chi connectivity index (χ4n) is 4.20. The molecule has 1 heterocycles. The predicted octanol–water partition coefficient (Wildman–Crippen LogP) is 2.92. The number of hydrazine groups is 1. The van der Waals surface area contributed by atoms with Crippen molar-refractivity contribution in [3.63, 3.8) is 0 Å². The van der Waals surface area contributed by atoms with Crippen LogP contribution in [0.1, 0.15) is 56.2 Å². The van der Waals surface area contributed by atoms with Crippen molar-refractivity contribution < 1.29 is 9.18 Å². The van der Waals surface area contributed by atoms with E-state index >= 15 is 4.39 Å². The van der Waals surface area contributed by atoms with E-state index in [0.29, 0.717) is 22.9 Å². The molecule has 1 atom stereocenters. The molecule has 1 aliphatic heterocycles. The third-order valence-corrected chi connectivity index (χ3v) is 5.68. The van der Waals surface area contributed by atoms with Crippen molar-refractivity contribution in [2.75, 3.05) is 11.9 Å². The fourth-order valence-corrected chi connectivity index (χ4v) is 4.20. The Balaban J connectivity index is 2.18. The lowest BCUT2D eigenvalue weighted by Gasteiger charge is -2.37. The summed E-state index contributed by atoms with van der Waals surface area (Å²) in [6.07, 6.45) is 7.71. The van der Waals surface area contributed by atoms with Gasteiger partial charge in [0.05, 0.1) is 11.4 Å². The van der Waals surface area contributed by atoms with E-state index in [0.717, 1.165) is 30.4 Å². The number of nitrogens with zero attached hydrogens (tertiary/aromatic N) is 2. The summed E-state index contributed by atoms with van der Waals surface area (Å²) in [6, 6.07) is 1.48. The Morgan fingerprint density at radius 1 is 1.42 bits per heavy atom. The Morgan fingerprint density at radius 3 is 2.65 bits per heavy atom. The maximum Gasteiger partial charge on any atom is 0.224 e. The summed E-state index contributed by atoms with van der Waals surface area (Å²) in [5.41, 5.74) is 9.89. The first-order chi connectivity index (χ1) is 12.3. The lowest BCUT2D eigenvalue weighted by molar-refractivity contribution is -0.117.